The Kier molecular flexibility index (Phi) is 6.64. The maximum Gasteiger partial charge on any atom is 0.243 e. The number of carbonyl (C=O) groups excluding carboxylic acids is 2. The van der Waals surface area contributed by atoms with E-state index in [1.807, 2.05) is 0 Å². The Labute approximate surface area is 184 Å². The number of piperidine rings is 1. The van der Waals surface area contributed by atoms with E-state index in [9.17, 15) is 18.0 Å². The van der Waals surface area contributed by atoms with Crippen LogP contribution >= 0.6 is 0 Å². The van der Waals surface area contributed by atoms with Gasteiger partial charge in [-0.3, -0.25) is 9.59 Å². The van der Waals surface area contributed by atoms with Crippen molar-refractivity contribution in [2.75, 3.05) is 37.7 Å². The van der Waals surface area contributed by atoms with Crippen LogP contribution in [0.15, 0.2) is 23.1 Å². The molecule has 0 spiro atoms. The number of amides is 2. The average Bonchev–Trinajstić information content (AvgIpc) is 3.28. The third-order valence-corrected chi connectivity index (χ3v) is 8.38. The van der Waals surface area contributed by atoms with E-state index in [-0.39, 0.29) is 35.8 Å². The minimum atomic E-state index is -3.55. The molecule has 2 fully saturated rings. The highest BCUT2D eigenvalue weighted by molar-refractivity contribution is 7.89. The largest absolute Gasteiger partial charge is 0.376 e. The summed E-state index contributed by atoms with van der Waals surface area (Å²) in [5.41, 5.74) is 1.41. The molecule has 0 bridgehead atoms. The van der Waals surface area contributed by atoms with E-state index in [1.54, 1.807) is 22.5 Å². The summed E-state index contributed by atoms with van der Waals surface area (Å²) in [4.78, 5) is 26.7. The second-order valence-corrected chi connectivity index (χ2v) is 10.7. The van der Waals surface area contributed by atoms with Crippen LogP contribution in [0.2, 0.25) is 0 Å². The molecule has 0 aliphatic carbocycles. The molecule has 0 unspecified atom stereocenters. The predicted octanol–water partition coefficient (Wildman–Crippen LogP) is 1.68. The fraction of sp³-hybridized carbons (Fsp3) is 0.636. The van der Waals surface area contributed by atoms with Crippen LogP contribution in [0.1, 0.15) is 44.6 Å². The molecule has 2 saturated heterocycles. The van der Waals surface area contributed by atoms with Gasteiger partial charge in [0.25, 0.3) is 0 Å². The smallest absolute Gasteiger partial charge is 0.243 e. The molecule has 3 aliphatic rings. The van der Waals surface area contributed by atoms with E-state index in [2.05, 4.69) is 12.2 Å². The van der Waals surface area contributed by atoms with Gasteiger partial charge >= 0.3 is 0 Å². The summed E-state index contributed by atoms with van der Waals surface area (Å²) in [6.45, 7) is 4.31. The van der Waals surface area contributed by atoms with Crippen molar-refractivity contribution in [1.29, 1.82) is 0 Å². The van der Waals surface area contributed by atoms with Crippen LogP contribution in [0.4, 0.5) is 5.69 Å². The monoisotopic (exact) mass is 449 g/mol. The van der Waals surface area contributed by atoms with Gasteiger partial charge in [-0.15, -0.1) is 0 Å². The summed E-state index contributed by atoms with van der Waals surface area (Å²) in [5, 5.41) is 2.85. The molecule has 0 radical (unpaired) electrons. The third kappa shape index (κ3) is 4.94. The number of ether oxygens (including phenoxy) is 1. The van der Waals surface area contributed by atoms with Gasteiger partial charge in [-0.1, -0.05) is 6.92 Å². The number of fused-ring (bicyclic) bond motifs is 1. The highest BCUT2D eigenvalue weighted by atomic mass is 32.2. The van der Waals surface area contributed by atoms with E-state index >= 15 is 0 Å². The molecular formula is C22H31N3O5S. The zero-order valence-corrected chi connectivity index (χ0v) is 18.8. The van der Waals surface area contributed by atoms with Crippen LogP contribution in [-0.2, 0) is 30.8 Å². The molecule has 0 aromatic heterocycles. The van der Waals surface area contributed by atoms with Gasteiger partial charge in [0.15, 0.2) is 0 Å². The Hall–Kier alpha value is -1.97. The number of nitrogens with zero attached hydrogens (tertiary/aromatic N) is 2. The van der Waals surface area contributed by atoms with E-state index in [0.717, 1.165) is 37.9 Å². The molecule has 1 aromatic carbocycles. The SMILES string of the molecule is CC1CCN(S(=O)(=O)c2ccc3c(c2)CCC(=O)N3CC(=O)NC[C@@H]2CCCO2)CC1. The van der Waals surface area contributed by atoms with Gasteiger partial charge in [-0.05, 0) is 61.8 Å². The molecule has 2 amide bonds. The summed E-state index contributed by atoms with van der Waals surface area (Å²) < 4.78 is 33.2. The zero-order valence-electron chi connectivity index (χ0n) is 18.0. The number of rotatable bonds is 6. The number of hydrogen-bond acceptors (Lipinski definition) is 5. The van der Waals surface area contributed by atoms with Crippen molar-refractivity contribution in [3.8, 4) is 0 Å². The van der Waals surface area contributed by atoms with Crippen LogP contribution in [0, 0.1) is 5.92 Å². The van der Waals surface area contributed by atoms with Gasteiger partial charge in [0, 0.05) is 38.3 Å². The van der Waals surface area contributed by atoms with Gasteiger partial charge in [0.2, 0.25) is 21.8 Å². The highest BCUT2D eigenvalue weighted by Crippen LogP contribution is 2.32. The number of sulfonamides is 1. The second-order valence-electron chi connectivity index (χ2n) is 8.80. The fourth-order valence-corrected chi connectivity index (χ4v) is 6.00. The first kappa shape index (κ1) is 22.2. The van der Waals surface area contributed by atoms with Crippen molar-refractivity contribution in [3.63, 3.8) is 0 Å². The topological polar surface area (TPSA) is 96.0 Å². The van der Waals surface area contributed by atoms with E-state index in [0.29, 0.717) is 37.7 Å². The molecule has 0 saturated carbocycles. The predicted molar refractivity (Wildman–Crippen MR) is 116 cm³/mol. The summed E-state index contributed by atoms with van der Waals surface area (Å²) in [7, 11) is -3.55. The van der Waals surface area contributed by atoms with Crippen molar-refractivity contribution in [2.24, 2.45) is 5.92 Å². The van der Waals surface area contributed by atoms with Crippen molar-refractivity contribution in [1.82, 2.24) is 9.62 Å². The number of carbonyl (C=O) groups is 2. The average molecular weight is 450 g/mol. The zero-order chi connectivity index (χ0) is 22.0. The Morgan fingerprint density at radius 1 is 1.19 bits per heavy atom. The molecule has 9 heteroatoms. The number of benzene rings is 1. The lowest BCUT2D eigenvalue weighted by Crippen LogP contribution is -2.44. The lowest BCUT2D eigenvalue weighted by Gasteiger charge is -2.31. The highest BCUT2D eigenvalue weighted by Gasteiger charge is 2.31. The molecule has 1 N–H and O–H groups in total. The first-order valence-corrected chi connectivity index (χ1v) is 12.6. The van der Waals surface area contributed by atoms with E-state index in [1.165, 1.54) is 4.90 Å². The van der Waals surface area contributed by atoms with Crippen LogP contribution in [0.3, 0.4) is 0 Å². The Balaban J connectivity index is 1.47. The molecule has 3 aliphatic heterocycles. The molecule has 4 rings (SSSR count). The number of nitrogens with one attached hydrogen (secondary N) is 1. The van der Waals surface area contributed by atoms with Gasteiger partial charge in [0.1, 0.15) is 6.54 Å². The third-order valence-electron chi connectivity index (χ3n) is 6.48. The molecule has 8 nitrogen and oxygen atoms in total. The van der Waals surface area contributed by atoms with Gasteiger partial charge in [0.05, 0.1) is 11.0 Å². The molecule has 3 heterocycles. The molecular weight excluding hydrogens is 418 g/mol. The Morgan fingerprint density at radius 2 is 1.97 bits per heavy atom. The minimum Gasteiger partial charge on any atom is -0.376 e. The second kappa shape index (κ2) is 9.26. The summed E-state index contributed by atoms with van der Waals surface area (Å²) in [6.07, 6.45) is 4.44. The van der Waals surface area contributed by atoms with Gasteiger partial charge < -0.3 is 15.0 Å². The maximum atomic E-state index is 13.1. The Bertz CT molecular complexity index is 934. The van der Waals surface area contributed by atoms with Gasteiger partial charge in [-0.25, -0.2) is 8.42 Å². The molecule has 1 aromatic rings. The summed E-state index contributed by atoms with van der Waals surface area (Å²) >= 11 is 0. The normalized spacial score (nSPS) is 23.1. The van der Waals surface area contributed by atoms with Crippen LogP contribution in [-0.4, -0.2) is 63.4 Å². The van der Waals surface area contributed by atoms with Crippen molar-refractivity contribution < 1.29 is 22.7 Å². The van der Waals surface area contributed by atoms with Crippen LogP contribution < -0.4 is 10.2 Å². The Morgan fingerprint density at radius 3 is 2.68 bits per heavy atom. The van der Waals surface area contributed by atoms with Crippen molar-refractivity contribution >= 4 is 27.5 Å². The summed E-state index contributed by atoms with van der Waals surface area (Å²) in [6, 6.07) is 4.90. The lowest BCUT2D eigenvalue weighted by atomic mass is 10.0. The number of aryl methyl sites for hydroxylation is 1. The maximum absolute atomic E-state index is 13.1. The number of hydrogen-bond donors (Lipinski definition) is 1. The lowest BCUT2D eigenvalue weighted by molar-refractivity contribution is -0.124. The molecule has 170 valence electrons. The minimum absolute atomic E-state index is 0.0406. The standard InChI is InChI=1S/C22H31N3O5S/c1-16-8-10-24(11-9-16)31(28,29)19-5-6-20-17(13-19)4-7-22(27)25(20)15-21(26)23-14-18-3-2-12-30-18/h5-6,13,16,18H,2-4,7-12,14-15H2,1H3,(H,23,26)/t18-/m0/s1. The van der Waals surface area contributed by atoms with E-state index < -0.39 is 10.0 Å². The summed E-state index contributed by atoms with van der Waals surface area (Å²) in [5.74, 6) is 0.178. The number of anilines is 1. The van der Waals surface area contributed by atoms with Crippen LogP contribution in [0.25, 0.3) is 0 Å². The molecule has 1 atom stereocenters. The van der Waals surface area contributed by atoms with Crippen molar-refractivity contribution in [3.05, 3.63) is 23.8 Å². The molecule has 31 heavy (non-hydrogen) atoms. The van der Waals surface area contributed by atoms with Crippen LogP contribution in [0.5, 0.6) is 0 Å². The fourth-order valence-electron chi connectivity index (χ4n) is 4.48. The van der Waals surface area contributed by atoms with E-state index in [4.69, 9.17) is 4.74 Å². The first-order chi connectivity index (χ1) is 14.8. The van der Waals surface area contributed by atoms with Gasteiger partial charge in [-0.2, -0.15) is 4.31 Å². The van der Waals surface area contributed by atoms with Crippen molar-refractivity contribution in [2.45, 2.75) is 56.4 Å². The quantitative estimate of drug-likeness (QED) is 0.713. The first-order valence-electron chi connectivity index (χ1n) is 11.2.